The maximum absolute atomic E-state index is 12.1. The van der Waals surface area contributed by atoms with Gasteiger partial charge in [-0.1, -0.05) is 12.1 Å². The van der Waals surface area contributed by atoms with E-state index in [1.54, 1.807) is 18.2 Å². The molecule has 1 heterocycles. The van der Waals surface area contributed by atoms with E-state index >= 15 is 0 Å². The molecule has 2 rings (SSSR count). The number of aliphatic imine (C=N–C) groups is 1. The Morgan fingerprint density at radius 3 is 2.68 bits per heavy atom. The van der Waals surface area contributed by atoms with Crippen LogP contribution in [-0.2, 0) is 16.6 Å². The van der Waals surface area contributed by atoms with Gasteiger partial charge in [0.1, 0.15) is 0 Å². The zero-order valence-corrected chi connectivity index (χ0v) is 14.5. The molecule has 0 unspecified atom stereocenters. The Bertz CT molecular complexity index is 638. The molecule has 0 aliphatic carbocycles. The molecule has 1 aliphatic rings. The van der Waals surface area contributed by atoms with Crippen molar-refractivity contribution < 1.29 is 8.42 Å². The van der Waals surface area contributed by atoms with E-state index in [-0.39, 0.29) is 4.90 Å². The number of hydrogen-bond acceptors (Lipinski definition) is 4. The number of hydrogen-bond donors (Lipinski definition) is 1. The molecule has 0 atom stereocenters. The Kier molecular flexibility index (Phi) is 5.71. The van der Waals surface area contributed by atoms with E-state index in [1.807, 2.05) is 17.8 Å². The molecule has 22 heavy (non-hydrogen) atoms. The summed E-state index contributed by atoms with van der Waals surface area (Å²) in [5, 5.41) is 0. The summed E-state index contributed by atoms with van der Waals surface area (Å²) in [6.07, 6.45) is 0. The van der Waals surface area contributed by atoms with Gasteiger partial charge in [0.05, 0.1) is 11.4 Å². The van der Waals surface area contributed by atoms with Crippen LogP contribution in [0, 0.1) is 0 Å². The molecule has 122 valence electrons. The third-order valence-corrected chi connectivity index (χ3v) is 6.19. The zero-order chi connectivity index (χ0) is 16.2. The first-order valence-electron chi connectivity index (χ1n) is 7.05. The van der Waals surface area contributed by atoms with Crippen LogP contribution in [0.15, 0.2) is 34.2 Å². The number of benzene rings is 1. The normalized spacial score (nSPS) is 17.0. The number of guanidine groups is 1. The van der Waals surface area contributed by atoms with Crippen molar-refractivity contribution in [3.63, 3.8) is 0 Å². The molecule has 6 nitrogen and oxygen atoms in total. The van der Waals surface area contributed by atoms with Crippen LogP contribution >= 0.6 is 11.8 Å². The number of sulfonamides is 1. The van der Waals surface area contributed by atoms with Gasteiger partial charge in [-0.05, 0) is 17.7 Å². The summed E-state index contributed by atoms with van der Waals surface area (Å²) in [5.41, 5.74) is 6.84. The number of rotatable bonds is 4. The molecule has 1 aromatic carbocycles. The summed E-state index contributed by atoms with van der Waals surface area (Å²) in [7, 11) is -0.377. The molecule has 1 saturated heterocycles. The summed E-state index contributed by atoms with van der Waals surface area (Å²) in [5.74, 6) is 2.65. The average molecular weight is 342 g/mol. The third-order valence-electron chi connectivity index (χ3n) is 3.44. The van der Waals surface area contributed by atoms with Crippen molar-refractivity contribution in [3.05, 3.63) is 29.8 Å². The molecule has 1 aromatic rings. The Morgan fingerprint density at radius 1 is 1.36 bits per heavy atom. The van der Waals surface area contributed by atoms with Crippen molar-refractivity contribution in [3.8, 4) is 0 Å². The highest BCUT2D eigenvalue weighted by molar-refractivity contribution is 7.99. The van der Waals surface area contributed by atoms with Crippen LogP contribution in [0.3, 0.4) is 0 Å². The minimum Gasteiger partial charge on any atom is -0.370 e. The van der Waals surface area contributed by atoms with E-state index in [2.05, 4.69) is 9.89 Å². The molecule has 1 aliphatic heterocycles. The van der Waals surface area contributed by atoms with E-state index in [0.29, 0.717) is 12.5 Å². The third kappa shape index (κ3) is 4.15. The summed E-state index contributed by atoms with van der Waals surface area (Å²) in [6, 6.07) is 6.83. The molecule has 0 amide bonds. The first kappa shape index (κ1) is 17.1. The second-order valence-corrected chi connectivity index (χ2v) is 8.59. The standard InChI is InChI=1S/C14H22N4O2S2/c1-17(2)22(19,20)13-5-3-4-12(10-13)11-16-14(15)18-6-8-21-9-7-18/h3-5,10H,6-9,11H2,1-2H3,(H2,15,16). The minimum atomic E-state index is -3.42. The summed E-state index contributed by atoms with van der Waals surface area (Å²) < 4.78 is 25.5. The summed E-state index contributed by atoms with van der Waals surface area (Å²) >= 11 is 1.91. The van der Waals surface area contributed by atoms with Gasteiger partial charge in [-0.15, -0.1) is 0 Å². The molecule has 0 radical (unpaired) electrons. The van der Waals surface area contributed by atoms with Crippen molar-refractivity contribution in [1.82, 2.24) is 9.21 Å². The quantitative estimate of drug-likeness (QED) is 0.647. The second-order valence-electron chi connectivity index (χ2n) is 5.21. The number of nitrogens with zero attached hydrogens (tertiary/aromatic N) is 3. The van der Waals surface area contributed by atoms with Crippen LogP contribution in [0.25, 0.3) is 0 Å². The van der Waals surface area contributed by atoms with Crippen molar-refractivity contribution in [2.75, 3.05) is 38.7 Å². The lowest BCUT2D eigenvalue weighted by molar-refractivity contribution is 0.455. The van der Waals surface area contributed by atoms with Gasteiger partial charge in [0.2, 0.25) is 10.0 Å². The van der Waals surface area contributed by atoms with Gasteiger partial charge in [-0.25, -0.2) is 17.7 Å². The summed E-state index contributed by atoms with van der Waals surface area (Å²) in [6.45, 7) is 2.20. The predicted octanol–water partition coefficient (Wildman–Crippen LogP) is 0.800. The molecular weight excluding hydrogens is 320 g/mol. The van der Waals surface area contributed by atoms with E-state index < -0.39 is 10.0 Å². The van der Waals surface area contributed by atoms with Crippen LogP contribution in [0.1, 0.15) is 5.56 Å². The van der Waals surface area contributed by atoms with Crippen LogP contribution in [0.2, 0.25) is 0 Å². The fourth-order valence-electron chi connectivity index (χ4n) is 2.08. The Hall–Kier alpha value is -1.25. The highest BCUT2D eigenvalue weighted by atomic mass is 32.2. The summed E-state index contributed by atoms with van der Waals surface area (Å²) in [4.78, 5) is 6.73. The lowest BCUT2D eigenvalue weighted by Gasteiger charge is -2.27. The smallest absolute Gasteiger partial charge is 0.242 e. The highest BCUT2D eigenvalue weighted by Gasteiger charge is 2.17. The lowest BCUT2D eigenvalue weighted by Crippen LogP contribution is -2.42. The van der Waals surface area contributed by atoms with E-state index in [9.17, 15) is 8.42 Å². The van der Waals surface area contributed by atoms with Crippen LogP contribution in [-0.4, -0.2) is 62.3 Å². The maximum atomic E-state index is 12.1. The number of thioether (sulfide) groups is 1. The SMILES string of the molecule is CN(C)S(=O)(=O)c1cccc(CN=C(N)N2CCSCC2)c1. The number of nitrogens with two attached hydrogens (primary N) is 1. The molecule has 0 saturated carbocycles. The molecule has 0 bridgehead atoms. The Balaban J connectivity index is 2.10. The van der Waals surface area contributed by atoms with Gasteiger partial charge < -0.3 is 10.6 Å². The predicted molar refractivity (Wildman–Crippen MR) is 91.5 cm³/mol. The van der Waals surface area contributed by atoms with Crippen LogP contribution < -0.4 is 5.73 Å². The van der Waals surface area contributed by atoms with Gasteiger partial charge >= 0.3 is 0 Å². The Labute approximate surface area is 136 Å². The van der Waals surface area contributed by atoms with Crippen LogP contribution in [0.5, 0.6) is 0 Å². The highest BCUT2D eigenvalue weighted by Crippen LogP contribution is 2.15. The van der Waals surface area contributed by atoms with Crippen molar-refractivity contribution in [2.24, 2.45) is 10.7 Å². The molecule has 0 spiro atoms. The zero-order valence-electron chi connectivity index (χ0n) is 12.9. The fourth-order valence-corrected chi connectivity index (χ4v) is 3.96. The first-order chi connectivity index (χ1) is 10.4. The van der Waals surface area contributed by atoms with Gasteiger partial charge in [0.25, 0.3) is 0 Å². The van der Waals surface area contributed by atoms with Gasteiger partial charge in [0.15, 0.2) is 5.96 Å². The van der Waals surface area contributed by atoms with E-state index in [0.717, 1.165) is 30.2 Å². The lowest BCUT2D eigenvalue weighted by atomic mass is 10.2. The molecule has 2 N–H and O–H groups in total. The fraction of sp³-hybridized carbons (Fsp3) is 0.500. The van der Waals surface area contributed by atoms with Gasteiger partial charge in [-0.3, -0.25) is 0 Å². The molecule has 8 heteroatoms. The first-order valence-corrected chi connectivity index (χ1v) is 9.65. The van der Waals surface area contributed by atoms with Crippen molar-refractivity contribution in [2.45, 2.75) is 11.4 Å². The van der Waals surface area contributed by atoms with Gasteiger partial charge in [0, 0.05) is 38.7 Å². The largest absolute Gasteiger partial charge is 0.370 e. The van der Waals surface area contributed by atoms with Crippen molar-refractivity contribution in [1.29, 1.82) is 0 Å². The van der Waals surface area contributed by atoms with Crippen molar-refractivity contribution >= 4 is 27.7 Å². The van der Waals surface area contributed by atoms with E-state index in [1.165, 1.54) is 18.4 Å². The molecular formula is C14H22N4O2S2. The second kappa shape index (κ2) is 7.34. The maximum Gasteiger partial charge on any atom is 0.242 e. The van der Waals surface area contributed by atoms with Gasteiger partial charge in [-0.2, -0.15) is 11.8 Å². The monoisotopic (exact) mass is 342 g/mol. The molecule has 1 fully saturated rings. The average Bonchev–Trinajstić information content (AvgIpc) is 2.53. The van der Waals surface area contributed by atoms with E-state index in [4.69, 9.17) is 5.73 Å². The minimum absolute atomic E-state index is 0.276. The van der Waals surface area contributed by atoms with Crippen LogP contribution in [0.4, 0.5) is 0 Å². The Morgan fingerprint density at radius 2 is 2.05 bits per heavy atom. The topological polar surface area (TPSA) is 79.0 Å². The molecule has 0 aromatic heterocycles.